The Hall–Kier alpha value is -3.90. The van der Waals surface area contributed by atoms with Crippen LogP contribution >= 0.6 is 0 Å². The van der Waals surface area contributed by atoms with Crippen molar-refractivity contribution in [1.82, 2.24) is 9.97 Å². The zero-order chi connectivity index (χ0) is 22.1. The fraction of sp³-hybridized carbons (Fsp3) is 0.154. The van der Waals surface area contributed by atoms with Gasteiger partial charge in [-0.2, -0.15) is 0 Å². The molecular weight excluding hydrogens is 400 g/mol. The number of aromatic amines is 1. The first kappa shape index (κ1) is 20.0. The summed E-state index contributed by atoms with van der Waals surface area (Å²) >= 11 is 0. The second-order valence-corrected chi connectivity index (χ2v) is 8.07. The summed E-state index contributed by atoms with van der Waals surface area (Å²) in [4.78, 5) is 23.4. The second-order valence-electron chi connectivity index (χ2n) is 8.07. The van der Waals surface area contributed by atoms with Crippen molar-refractivity contribution < 1.29 is 9.90 Å². The number of amides is 1. The predicted molar refractivity (Wildman–Crippen MR) is 124 cm³/mol. The van der Waals surface area contributed by atoms with Crippen molar-refractivity contribution in [2.75, 3.05) is 4.90 Å². The molecule has 160 valence electrons. The van der Waals surface area contributed by atoms with E-state index in [1.807, 2.05) is 60.8 Å². The first-order chi connectivity index (χ1) is 15.6. The molecule has 0 radical (unpaired) electrons. The van der Waals surface area contributed by atoms with Crippen molar-refractivity contribution in [3.05, 3.63) is 102 Å². The molecule has 6 nitrogen and oxygen atoms in total. The zero-order valence-electron chi connectivity index (χ0n) is 17.5. The van der Waals surface area contributed by atoms with Gasteiger partial charge in [0.1, 0.15) is 11.6 Å². The average Bonchev–Trinajstić information content (AvgIpc) is 3.46. The number of nitrogens with one attached hydrogen (secondary N) is 1. The van der Waals surface area contributed by atoms with Crippen molar-refractivity contribution in [3.8, 4) is 17.0 Å². The van der Waals surface area contributed by atoms with Crippen molar-refractivity contribution in [2.24, 2.45) is 5.73 Å². The van der Waals surface area contributed by atoms with Gasteiger partial charge in [0.15, 0.2) is 0 Å². The van der Waals surface area contributed by atoms with Crippen LogP contribution in [0.1, 0.15) is 23.0 Å². The van der Waals surface area contributed by atoms with Crippen LogP contribution in [-0.2, 0) is 17.6 Å². The molecule has 2 heterocycles. The van der Waals surface area contributed by atoms with Gasteiger partial charge in [-0.15, -0.1) is 0 Å². The number of carbonyl (C=O) groups excluding carboxylic acids is 1. The average molecular weight is 425 g/mol. The monoisotopic (exact) mass is 424 g/mol. The second kappa shape index (κ2) is 8.32. The number of rotatable bonds is 5. The Bertz CT molecular complexity index is 1230. The molecule has 0 spiro atoms. The Labute approximate surface area is 186 Å². The van der Waals surface area contributed by atoms with E-state index < -0.39 is 6.04 Å². The summed E-state index contributed by atoms with van der Waals surface area (Å²) < 4.78 is 0. The van der Waals surface area contributed by atoms with Gasteiger partial charge in [0.05, 0.1) is 17.8 Å². The van der Waals surface area contributed by atoms with Gasteiger partial charge in [0.25, 0.3) is 0 Å². The summed E-state index contributed by atoms with van der Waals surface area (Å²) in [6, 6.07) is 23.7. The molecule has 1 aliphatic rings. The lowest BCUT2D eigenvalue weighted by atomic mass is 10.0. The van der Waals surface area contributed by atoms with Crippen LogP contribution in [0.4, 0.5) is 5.69 Å². The van der Waals surface area contributed by atoms with Crippen molar-refractivity contribution >= 4 is 11.6 Å². The number of hydrogen-bond donors (Lipinski definition) is 3. The Morgan fingerprint density at radius 2 is 1.78 bits per heavy atom. The van der Waals surface area contributed by atoms with E-state index in [9.17, 15) is 9.90 Å². The maximum absolute atomic E-state index is 13.5. The normalized spacial score (nSPS) is 16.0. The van der Waals surface area contributed by atoms with E-state index >= 15 is 0 Å². The maximum Gasteiger partial charge on any atom is 0.244 e. The predicted octanol–water partition coefficient (Wildman–Crippen LogP) is 3.98. The van der Waals surface area contributed by atoms with Crippen LogP contribution in [0.3, 0.4) is 0 Å². The Kier molecular flexibility index (Phi) is 5.21. The molecule has 32 heavy (non-hydrogen) atoms. The van der Waals surface area contributed by atoms with E-state index in [0.29, 0.717) is 12.8 Å². The first-order valence-corrected chi connectivity index (χ1v) is 10.7. The number of nitrogens with two attached hydrogens (primary N) is 1. The molecule has 0 aliphatic carbocycles. The van der Waals surface area contributed by atoms with Gasteiger partial charge in [0, 0.05) is 23.9 Å². The summed E-state index contributed by atoms with van der Waals surface area (Å²) in [5.74, 6) is 0.783. The van der Waals surface area contributed by atoms with E-state index in [-0.39, 0.29) is 17.7 Å². The molecule has 0 saturated carbocycles. The molecule has 2 atom stereocenters. The van der Waals surface area contributed by atoms with Gasteiger partial charge < -0.3 is 15.8 Å². The number of H-pyrrole nitrogens is 1. The van der Waals surface area contributed by atoms with E-state index in [0.717, 1.165) is 33.9 Å². The molecule has 1 aliphatic heterocycles. The SMILES string of the molecule is N[C@@H](Cc1ccc(O)cc1)C(=O)N1c2ccccc2C[C@H]1c1nc(-c2ccccc2)c[nH]1. The molecule has 0 bridgehead atoms. The van der Waals surface area contributed by atoms with Gasteiger partial charge in [-0.25, -0.2) is 4.98 Å². The molecule has 5 rings (SSSR count). The molecule has 0 fully saturated rings. The number of phenolic OH excluding ortho intramolecular Hbond substituents is 1. The van der Waals surface area contributed by atoms with Crippen LogP contribution in [0, 0.1) is 0 Å². The molecule has 0 saturated heterocycles. The van der Waals surface area contributed by atoms with E-state index in [1.165, 1.54) is 0 Å². The van der Waals surface area contributed by atoms with E-state index in [4.69, 9.17) is 10.7 Å². The Morgan fingerprint density at radius 1 is 1.06 bits per heavy atom. The molecular formula is C26H24N4O2. The van der Waals surface area contributed by atoms with Gasteiger partial charge in [-0.05, 0) is 35.7 Å². The lowest BCUT2D eigenvalue weighted by Crippen LogP contribution is -2.45. The summed E-state index contributed by atoms with van der Waals surface area (Å²) in [7, 11) is 0. The molecule has 4 N–H and O–H groups in total. The summed E-state index contributed by atoms with van der Waals surface area (Å²) in [5, 5.41) is 9.51. The molecule has 3 aromatic carbocycles. The lowest BCUT2D eigenvalue weighted by Gasteiger charge is -2.27. The fourth-order valence-corrected chi connectivity index (χ4v) is 4.29. The fourth-order valence-electron chi connectivity index (χ4n) is 4.29. The van der Waals surface area contributed by atoms with Crippen LogP contribution < -0.4 is 10.6 Å². The highest BCUT2D eigenvalue weighted by atomic mass is 16.3. The van der Waals surface area contributed by atoms with E-state index in [2.05, 4.69) is 4.98 Å². The molecule has 6 heteroatoms. The highest BCUT2D eigenvalue weighted by Crippen LogP contribution is 2.40. The van der Waals surface area contributed by atoms with Gasteiger partial charge in [0.2, 0.25) is 5.91 Å². The number of imidazole rings is 1. The minimum Gasteiger partial charge on any atom is -0.508 e. The number of para-hydroxylation sites is 1. The molecule has 1 aromatic heterocycles. The zero-order valence-corrected chi connectivity index (χ0v) is 17.5. The smallest absolute Gasteiger partial charge is 0.244 e. The number of benzene rings is 3. The number of hydrogen-bond acceptors (Lipinski definition) is 4. The summed E-state index contributed by atoms with van der Waals surface area (Å²) in [5.41, 5.74) is 11.1. The number of aromatic nitrogens is 2. The lowest BCUT2D eigenvalue weighted by molar-refractivity contribution is -0.120. The van der Waals surface area contributed by atoms with E-state index in [1.54, 1.807) is 29.2 Å². The standard InChI is InChI=1S/C26H24N4O2/c27-21(14-17-10-12-20(31)13-11-17)26(32)30-23-9-5-4-8-19(23)15-24(30)25-28-16-22(29-25)18-6-2-1-3-7-18/h1-13,16,21,24,31H,14-15,27H2,(H,28,29)/t21-,24-/m0/s1. The summed E-state index contributed by atoms with van der Waals surface area (Å²) in [6.07, 6.45) is 2.94. The van der Waals surface area contributed by atoms with Gasteiger partial charge >= 0.3 is 0 Å². The number of aromatic hydroxyl groups is 1. The van der Waals surface area contributed by atoms with Crippen molar-refractivity contribution in [3.63, 3.8) is 0 Å². The van der Waals surface area contributed by atoms with Crippen LogP contribution in [0.15, 0.2) is 85.1 Å². The van der Waals surface area contributed by atoms with Crippen LogP contribution in [0.2, 0.25) is 0 Å². The third kappa shape index (κ3) is 3.76. The Balaban J connectivity index is 1.44. The third-order valence-corrected chi connectivity index (χ3v) is 5.91. The highest BCUT2D eigenvalue weighted by Gasteiger charge is 2.38. The van der Waals surface area contributed by atoms with Crippen LogP contribution in [0.25, 0.3) is 11.3 Å². The number of phenols is 1. The first-order valence-electron chi connectivity index (χ1n) is 10.7. The Morgan fingerprint density at radius 3 is 2.56 bits per heavy atom. The topological polar surface area (TPSA) is 95.2 Å². The number of nitrogens with zero attached hydrogens (tertiary/aromatic N) is 2. The molecule has 4 aromatic rings. The third-order valence-electron chi connectivity index (χ3n) is 5.91. The molecule has 0 unspecified atom stereocenters. The largest absolute Gasteiger partial charge is 0.508 e. The van der Waals surface area contributed by atoms with Crippen LogP contribution in [-0.4, -0.2) is 27.0 Å². The van der Waals surface area contributed by atoms with Gasteiger partial charge in [-0.3, -0.25) is 9.69 Å². The quantitative estimate of drug-likeness (QED) is 0.452. The number of carbonyl (C=O) groups is 1. The minimum atomic E-state index is -0.711. The van der Waals surface area contributed by atoms with Crippen molar-refractivity contribution in [2.45, 2.75) is 24.9 Å². The maximum atomic E-state index is 13.5. The number of anilines is 1. The van der Waals surface area contributed by atoms with Gasteiger partial charge in [-0.1, -0.05) is 60.7 Å². The number of fused-ring (bicyclic) bond motifs is 1. The van der Waals surface area contributed by atoms with Crippen molar-refractivity contribution in [1.29, 1.82) is 0 Å². The minimum absolute atomic E-state index is 0.148. The summed E-state index contributed by atoms with van der Waals surface area (Å²) in [6.45, 7) is 0. The highest BCUT2D eigenvalue weighted by molar-refractivity contribution is 5.99. The molecule has 1 amide bonds. The van der Waals surface area contributed by atoms with Crippen LogP contribution in [0.5, 0.6) is 5.75 Å².